The minimum Gasteiger partial charge on any atom is -0.381 e. The van der Waals surface area contributed by atoms with Crippen LogP contribution >= 0.6 is 0 Å². The second-order valence-corrected chi connectivity index (χ2v) is 5.32. The Balaban J connectivity index is 2.09. The third-order valence-electron chi connectivity index (χ3n) is 3.98. The summed E-state index contributed by atoms with van der Waals surface area (Å²) in [6.07, 6.45) is 4.81. The van der Waals surface area contributed by atoms with Gasteiger partial charge in [0.05, 0.1) is 0 Å². The van der Waals surface area contributed by atoms with Gasteiger partial charge in [0, 0.05) is 31.4 Å². The summed E-state index contributed by atoms with van der Waals surface area (Å²) in [6, 6.07) is 0.411. The van der Waals surface area contributed by atoms with Gasteiger partial charge in [-0.05, 0) is 39.0 Å². The summed E-state index contributed by atoms with van der Waals surface area (Å²) in [6.45, 7) is 9.10. The first-order valence-electron chi connectivity index (χ1n) is 7.68. The van der Waals surface area contributed by atoms with Crippen LogP contribution in [-0.4, -0.2) is 35.8 Å². The second kappa shape index (κ2) is 7.43. The molecule has 1 aromatic heterocycles. The van der Waals surface area contributed by atoms with Crippen LogP contribution in [0.2, 0.25) is 0 Å². The van der Waals surface area contributed by atoms with Crippen LogP contribution in [0, 0.1) is 5.92 Å². The van der Waals surface area contributed by atoms with Crippen LogP contribution in [0.25, 0.3) is 0 Å². The van der Waals surface area contributed by atoms with E-state index in [1.54, 1.807) is 6.33 Å². The van der Waals surface area contributed by atoms with E-state index in [0.717, 1.165) is 50.7 Å². The van der Waals surface area contributed by atoms with Gasteiger partial charge < -0.3 is 15.4 Å². The van der Waals surface area contributed by atoms with E-state index < -0.39 is 0 Å². The van der Waals surface area contributed by atoms with E-state index >= 15 is 0 Å². The Bertz CT molecular complexity index is 418. The SMILES string of the molecule is CCNc1ncnc(NC(C)C2CCOCC2)c1CC. The molecule has 5 nitrogen and oxygen atoms in total. The van der Waals surface area contributed by atoms with Crippen LogP contribution in [-0.2, 0) is 11.2 Å². The average Bonchev–Trinajstić information content (AvgIpc) is 2.49. The smallest absolute Gasteiger partial charge is 0.134 e. The van der Waals surface area contributed by atoms with E-state index in [1.807, 2.05) is 0 Å². The van der Waals surface area contributed by atoms with E-state index in [1.165, 1.54) is 5.56 Å². The maximum atomic E-state index is 5.43. The molecule has 1 atom stereocenters. The van der Waals surface area contributed by atoms with Gasteiger partial charge in [0.2, 0.25) is 0 Å². The molecular formula is C15H26N4O. The van der Waals surface area contributed by atoms with E-state index in [9.17, 15) is 0 Å². The summed E-state index contributed by atoms with van der Waals surface area (Å²) in [5.41, 5.74) is 1.17. The fourth-order valence-electron chi connectivity index (χ4n) is 2.74. The number of anilines is 2. The van der Waals surface area contributed by atoms with Crippen molar-refractivity contribution in [1.82, 2.24) is 9.97 Å². The molecule has 1 unspecified atom stereocenters. The van der Waals surface area contributed by atoms with Crippen molar-refractivity contribution in [2.75, 3.05) is 30.4 Å². The molecule has 1 aliphatic heterocycles. The number of hydrogen-bond donors (Lipinski definition) is 2. The van der Waals surface area contributed by atoms with Crippen molar-refractivity contribution in [2.24, 2.45) is 5.92 Å². The Morgan fingerprint density at radius 3 is 2.60 bits per heavy atom. The van der Waals surface area contributed by atoms with Gasteiger partial charge in [-0.1, -0.05) is 6.92 Å². The highest BCUT2D eigenvalue weighted by Crippen LogP contribution is 2.25. The highest BCUT2D eigenvalue weighted by atomic mass is 16.5. The van der Waals surface area contributed by atoms with Crippen molar-refractivity contribution < 1.29 is 4.74 Å². The van der Waals surface area contributed by atoms with Crippen LogP contribution in [0.5, 0.6) is 0 Å². The molecular weight excluding hydrogens is 252 g/mol. The largest absolute Gasteiger partial charge is 0.381 e. The highest BCUT2D eigenvalue weighted by molar-refractivity contribution is 5.57. The van der Waals surface area contributed by atoms with Crippen molar-refractivity contribution >= 4 is 11.6 Å². The second-order valence-electron chi connectivity index (χ2n) is 5.32. The van der Waals surface area contributed by atoms with E-state index in [4.69, 9.17) is 4.74 Å². The molecule has 0 aromatic carbocycles. The lowest BCUT2D eigenvalue weighted by Crippen LogP contribution is -2.31. The van der Waals surface area contributed by atoms with Crippen molar-refractivity contribution in [3.8, 4) is 0 Å². The number of ether oxygens (including phenoxy) is 1. The third-order valence-corrected chi connectivity index (χ3v) is 3.98. The molecule has 0 amide bonds. The van der Waals surface area contributed by atoms with Crippen molar-refractivity contribution in [1.29, 1.82) is 0 Å². The van der Waals surface area contributed by atoms with Gasteiger partial charge in [-0.15, -0.1) is 0 Å². The van der Waals surface area contributed by atoms with Crippen LogP contribution in [0.1, 0.15) is 39.2 Å². The summed E-state index contributed by atoms with van der Waals surface area (Å²) in [5, 5.41) is 6.89. The molecule has 0 aliphatic carbocycles. The zero-order chi connectivity index (χ0) is 14.4. The number of hydrogen-bond acceptors (Lipinski definition) is 5. The van der Waals surface area contributed by atoms with Gasteiger partial charge in [-0.2, -0.15) is 0 Å². The highest BCUT2D eigenvalue weighted by Gasteiger charge is 2.21. The van der Waals surface area contributed by atoms with Gasteiger partial charge in [-0.25, -0.2) is 9.97 Å². The van der Waals surface area contributed by atoms with Crippen molar-refractivity contribution in [2.45, 2.75) is 46.1 Å². The molecule has 0 bridgehead atoms. The first-order valence-corrected chi connectivity index (χ1v) is 7.68. The van der Waals surface area contributed by atoms with Crippen LogP contribution < -0.4 is 10.6 Å². The topological polar surface area (TPSA) is 59.1 Å². The minimum atomic E-state index is 0.411. The van der Waals surface area contributed by atoms with Crippen LogP contribution in [0.15, 0.2) is 6.33 Å². The molecule has 2 heterocycles. The molecule has 20 heavy (non-hydrogen) atoms. The molecule has 1 aliphatic rings. The lowest BCUT2D eigenvalue weighted by atomic mass is 9.93. The number of aromatic nitrogens is 2. The minimum absolute atomic E-state index is 0.411. The van der Waals surface area contributed by atoms with E-state index in [2.05, 4.69) is 41.4 Å². The summed E-state index contributed by atoms with van der Waals surface area (Å²) < 4.78 is 5.43. The molecule has 0 spiro atoms. The average molecular weight is 278 g/mol. The lowest BCUT2D eigenvalue weighted by molar-refractivity contribution is 0.0622. The number of nitrogens with zero attached hydrogens (tertiary/aromatic N) is 2. The molecule has 112 valence electrons. The number of rotatable bonds is 6. The standard InChI is InChI=1S/C15H26N4O/c1-4-13-14(16-5-2)17-10-18-15(13)19-11(3)12-6-8-20-9-7-12/h10-12H,4-9H2,1-3H3,(H2,16,17,18,19). The first kappa shape index (κ1) is 15.0. The van der Waals surface area contributed by atoms with Gasteiger partial charge in [0.1, 0.15) is 18.0 Å². The number of nitrogens with one attached hydrogen (secondary N) is 2. The van der Waals surface area contributed by atoms with Crippen molar-refractivity contribution in [3.05, 3.63) is 11.9 Å². The monoisotopic (exact) mass is 278 g/mol. The molecule has 1 aromatic rings. The molecule has 1 fully saturated rings. The maximum Gasteiger partial charge on any atom is 0.134 e. The van der Waals surface area contributed by atoms with Crippen LogP contribution in [0.3, 0.4) is 0 Å². The normalized spacial score (nSPS) is 17.8. The molecule has 0 radical (unpaired) electrons. The van der Waals surface area contributed by atoms with Gasteiger partial charge >= 0.3 is 0 Å². The molecule has 5 heteroatoms. The van der Waals surface area contributed by atoms with Gasteiger partial charge in [-0.3, -0.25) is 0 Å². The van der Waals surface area contributed by atoms with Gasteiger partial charge in [0.25, 0.3) is 0 Å². The quantitative estimate of drug-likeness (QED) is 0.838. The fraction of sp³-hybridized carbons (Fsp3) is 0.733. The predicted octanol–water partition coefficient (Wildman–Crippen LogP) is 2.70. The van der Waals surface area contributed by atoms with Crippen LogP contribution in [0.4, 0.5) is 11.6 Å². The van der Waals surface area contributed by atoms with E-state index in [0.29, 0.717) is 12.0 Å². The zero-order valence-corrected chi connectivity index (χ0v) is 12.8. The van der Waals surface area contributed by atoms with Gasteiger partial charge in [0.15, 0.2) is 0 Å². The third kappa shape index (κ3) is 3.60. The lowest BCUT2D eigenvalue weighted by Gasteiger charge is -2.29. The Kier molecular flexibility index (Phi) is 5.59. The maximum absolute atomic E-state index is 5.43. The summed E-state index contributed by atoms with van der Waals surface area (Å²) in [5.74, 6) is 2.58. The Hall–Kier alpha value is -1.36. The predicted molar refractivity (Wildman–Crippen MR) is 82.2 cm³/mol. The molecule has 2 rings (SSSR count). The summed E-state index contributed by atoms with van der Waals surface area (Å²) in [7, 11) is 0. The summed E-state index contributed by atoms with van der Waals surface area (Å²) in [4.78, 5) is 8.77. The molecule has 0 saturated carbocycles. The Labute approximate surface area is 121 Å². The Morgan fingerprint density at radius 2 is 1.95 bits per heavy atom. The molecule has 2 N–H and O–H groups in total. The molecule has 1 saturated heterocycles. The zero-order valence-electron chi connectivity index (χ0n) is 12.8. The fourth-order valence-corrected chi connectivity index (χ4v) is 2.74. The Morgan fingerprint density at radius 1 is 1.25 bits per heavy atom. The first-order chi connectivity index (χ1) is 9.76. The van der Waals surface area contributed by atoms with Crippen molar-refractivity contribution in [3.63, 3.8) is 0 Å². The summed E-state index contributed by atoms with van der Waals surface area (Å²) >= 11 is 0. The van der Waals surface area contributed by atoms with E-state index in [-0.39, 0.29) is 0 Å².